The topological polar surface area (TPSA) is 70.1 Å². The Morgan fingerprint density at radius 2 is 2.17 bits per heavy atom. The fourth-order valence-corrected chi connectivity index (χ4v) is 3.19. The van der Waals surface area contributed by atoms with Crippen LogP contribution in [0, 0.1) is 0 Å². The van der Waals surface area contributed by atoms with Gasteiger partial charge in [-0.3, -0.25) is 4.98 Å². The van der Waals surface area contributed by atoms with E-state index in [0.717, 1.165) is 46.5 Å². The van der Waals surface area contributed by atoms with Crippen molar-refractivity contribution in [3.63, 3.8) is 0 Å². The highest BCUT2D eigenvalue weighted by atomic mass is 32.1. The zero-order chi connectivity index (χ0) is 16.5. The molecule has 0 fully saturated rings. The van der Waals surface area contributed by atoms with E-state index in [0.29, 0.717) is 0 Å². The number of fused-ring (bicyclic) bond motifs is 1. The molecule has 0 saturated carbocycles. The van der Waals surface area contributed by atoms with Gasteiger partial charge >= 0.3 is 0 Å². The van der Waals surface area contributed by atoms with Gasteiger partial charge in [-0.25, -0.2) is 14.5 Å². The molecule has 4 heterocycles. The van der Waals surface area contributed by atoms with Crippen LogP contribution in [0.5, 0.6) is 5.75 Å². The molecule has 4 aromatic heterocycles. The normalized spacial score (nSPS) is 11.2. The summed E-state index contributed by atoms with van der Waals surface area (Å²) in [6, 6.07) is 3.78. The predicted molar refractivity (Wildman–Crippen MR) is 91.3 cm³/mol. The number of imidazole rings is 1. The third-order valence-corrected chi connectivity index (χ3v) is 4.62. The summed E-state index contributed by atoms with van der Waals surface area (Å²) in [5.41, 5.74) is 3.51. The van der Waals surface area contributed by atoms with Crippen molar-refractivity contribution in [3.8, 4) is 16.3 Å². The van der Waals surface area contributed by atoms with Crippen LogP contribution in [0.1, 0.15) is 11.6 Å². The molecule has 24 heavy (non-hydrogen) atoms. The molecule has 0 aliphatic carbocycles. The van der Waals surface area contributed by atoms with Gasteiger partial charge in [0.1, 0.15) is 11.5 Å². The van der Waals surface area contributed by atoms with Gasteiger partial charge in [0.15, 0.2) is 17.2 Å². The Hall–Kier alpha value is -2.74. The lowest BCUT2D eigenvalue weighted by molar-refractivity contribution is 0.416. The monoisotopic (exact) mass is 340 g/mol. The number of rotatable bonds is 5. The molecule has 0 aromatic carbocycles. The zero-order valence-electron chi connectivity index (χ0n) is 13.4. The fraction of sp³-hybridized carbons (Fsp3) is 0.250. The standard InChI is InChI=1S/C16H16N6OS/c1-21-9-11(13-8-17-10-24-13)18-15(21)6-5-14-19-16-12(23-2)4-3-7-22(16)20-14/h3-4,7-10H,5-6H2,1-2H3. The number of pyridine rings is 1. The molecular weight excluding hydrogens is 324 g/mol. The Morgan fingerprint density at radius 3 is 2.96 bits per heavy atom. The second kappa shape index (κ2) is 6.04. The molecule has 0 amide bonds. The molecule has 0 spiro atoms. The largest absolute Gasteiger partial charge is 0.493 e. The maximum absolute atomic E-state index is 5.32. The average Bonchev–Trinajstić information content (AvgIpc) is 3.31. The van der Waals surface area contributed by atoms with Crippen LogP contribution < -0.4 is 4.74 Å². The first-order chi connectivity index (χ1) is 11.7. The van der Waals surface area contributed by atoms with Crippen LogP contribution in [0.25, 0.3) is 16.2 Å². The highest BCUT2D eigenvalue weighted by Crippen LogP contribution is 2.22. The second-order valence-electron chi connectivity index (χ2n) is 5.39. The summed E-state index contributed by atoms with van der Waals surface area (Å²) in [6.07, 6.45) is 7.24. The Labute approximate surface area is 142 Å². The van der Waals surface area contributed by atoms with E-state index in [2.05, 4.69) is 15.1 Å². The third kappa shape index (κ3) is 2.65. The van der Waals surface area contributed by atoms with Crippen molar-refractivity contribution in [1.82, 2.24) is 29.1 Å². The highest BCUT2D eigenvalue weighted by Gasteiger charge is 2.12. The number of ether oxygens (including phenoxy) is 1. The molecule has 0 bridgehead atoms. The highest BCUT2D eigenvalue weighted by molar-refractivity contribution is 7.13. The number of thiazole rings is 1. The summed E-state index contributed by atoms with van der Waals surface area (Å²) >= 11 is 1.59. The number of aromatic nitrogens is 6. The smallest absolute Gasteiger partial charge is 0.198 e. The van der Waals surface area contributed by atoms with Gasteiger partial charge in [-0.1, -0.05) is 0 Å². The molecule has 0 saturated heterocycles. The molecule has 8 heteroatoms. The van der Waals surface area contributed by atoms with Crippen molar-refractivity contribution in [2.75, 3.05) is 7.11 Å². The van der Waals surface area contributed by atoms with Crippen LogP contribution in [0.4, 0.5) is 0 Å². The van der Waals surface area contributed by atoms with E-state index in [1.54, 1.807) is 23.0 Å². The molecule has 0 unspecified atom stereocenters. The number of methoxy groups -OCH3 is 1. The molecule has 0 aliphatic rings. The lowest BCUT2D eigenvalue weighted by Crippen LogP contribution is -2.01. The van der Waals surface area contributed by atoms with Crippen molar-refractivity contribution < 1.29 is 4.74 Å². The van der Waals surface area contributed by atoms with E-state index in [4.69, 9.17) is 9.72 Å². The summed E-state index contributed by atoms with van der Waals surface area (Å²) in [7, 11) is 3.64. The van der Waals surface area contributed by atoms with Crippen molar-refractivity contribution in [3.05, 3.63) is 47.9 Å². The number of hydrogen-bond donors (Lipinski definition) is 0. The average molecular weight is 340 g/mol. The Bertz CT molecular complexity index is 972. The van der Waals surface area contributed by atoms with Gasteiger partial charge in [-0.2, -0.15) is 5.10 Å². The molecule has 0 atom stereocenters. The molecule has 0 aliphatic heterocycles. The summed E-state index contributed by atoms with van der Waals surface area (Å²) < 4.78 is 9.12. The van der Waals surface area contributed by atoms with E-state index >= 15 is 0 Å². The van der Waals surface area contributed by atoms with Gasteiger partial charge in [0.05, 0.1) is 17.5 Å². The minimum absolute atomic E-state index is 0.720. The lowest BCUT2D eigenvalue weighted by Gasteiger charge is -1.98. The summed E-state index contributed by atoms with van der Waals surface area (Å²) in [6.45, 7) is 0. The molecule has 0 N–H and O–H groups in total. The summed E-state index contributed by atoms with van der Waals surface area (Å²) in [5, 5.41) is 4.50. The van der Waals surface area contributed by atoms with Crippen molar-refractivity contribution in [2.24, 2.45) is 7.05 Å². The maximum atomic E-state index is 5.32. The van der Waals surface area contributed by atoms with E-state index in [-0.39, 0.29) is 0 Å². The Kier molecular flexibility index (Phi) is 3.73. The lowest BCUT2D eigenvalue weighted by atomic mass is 10.3. The van der Waals surface area contributed by atoms with Crippen LogP contribution in [0.2, 0.25) is 0 Å². The zero-order valence-corrected chi connectivity index (χ0v) is 14.2. The van der Waals surface area contributed by atoms with Gasteiger partial charge in [-0.15, -0.1) is 11.3 Å². The van der Waals surface area contributed by atoms with E-state index in [1.165, 1.54) is 0 Å². The van der Waals surface area contributed by atoms with E-state index in [1.807, 2.05) is 47.8 Å². The van der Waals surface area contributed by atoms with Gasteiger partial charge in [0.25, 0.3) is 0 Å². The van der Waals surface area contributed by atoms with Crippen LogP contribution in [-0.2, 0) is 19.9 Å². The van der Waals surface area contributed by atoms with Crippen LogP contribution >= 0.6 is 11.3 Å². The molecule has 4 rings (SSSR count). The predicted octanol–water partition coefficient (Wildman–Crippen LogP) is 2.38. The SMILES string of the molecule is COc1cccn2nc(CCc3nc(-c4cncs4)cn3C)nc12. The van der Waals surface area contributed by atoms with Gasteiger partial charge in [0.2, 0.25) is 0 Å². The second-order valence-corrected chi connectivity index (χ2v) is 6.28. The van der Waals surface area contributed by atoms with Crippen LogP contribution in [0.3, 0.4) is 0 Å². The van der Waals surface area contributed by atoms with Crippen molar-refractivity contribution >= 4 is 17.0 Å². The number of aryl methyl sites for hydroxylation is 3. The summed E-state index contributed by atoms with van der Waals surface area (Å²) in [5.74, 6) is 2.51. The van der Waals surface area contributed by atoms with E-state index < -0.39 is 0 Å². The molecule has 7 nitrogen and oxygen atoms in total. The first-order valence-corrected chi connectivity index (χ1v) is 8.42. The van der Waals surface area contributed by atoms with Gasteiger partial charge in [0, 0.05) is 38.5 Å². The molecule has 4 aromatic rings. The van der Waals surface area contributed by atoms with Gasteiger partial charge < -0.3 is 9.30 Å². The first-order valence-electron chi connectivity index (χ1n) is 7.54. The molecule has 0 radical (unpaired) electrons. The summed E-state index contributed by atoms with van der Waals surface area (Å²) in [4.78, 5) is 14.5. The quantitative estimate of drug-likeness (QED) is 0.558. The Morgan fingerprint density at radius 1 is 1.25 bits per heavy atom. The van der Waals surface area contributed by atoms with E-state index in [9.17, 15) is 0 Å². The van der Waals surface area contributed by atoms with Crippen molar-refractivity contribution in [1.29, 1.82) is 0 Å². The Balaban J connectivity index is 1.55. The molecule has 122 valence electrons. The number of nitrogens with zero attached hydrogens (tertiary/aromatic N) is 6. The minimum Gasteiger partial charge on any atom is -0.493 e. The fourth-order valence-electron chi connectivity index (χ4n) is 2.61. The van der Waals surface area contributed by atoms with Gasteiger partial charge in [-0.05, 0) is 12.1 Å². The van der Waals surface area contributed by atoms with Crippen LogP contribution in [-0.4, -0.2) is 36.2 Å². The minimum atomic E-state index is 0.720. The van der Waals surface area contributed by atoms with Crippen molar-refractivity contribution in [2.45, 2.75) is 12.8 Å². The maximum Gasteiger partial charge on any atom is 0.198 e. The van der Waals surface area contributed by atoms with Crippen LogP contribution in [0.15, 0.2) is 36.2 Å². The third-order valence-electron chi connectivity index (χ3n) is 3.82. The number of hydrogen-bond acceptors (Lipinski definition) is 6. The molecular formula is C16H16N6OS. The first kappa shape index (κ1) is 14.8.